The molecule has 5 nitrogen and oxygen atoms in total. The van der Waals surface area contributed by atoms with Gasteiger partial charge in [0, 0.05) is 4.91 Å². The summed E-state index contributed by atoms with van der Waals surface area (Å²) >= 11 is 0. The van der Waals surface area contributed by atoms with Crippen molar-refractivity contribution in [2.45, 2.75) is 6.04 Å². The van der Waals surface area contributed by atoms with Crippen molar-refractivity contribution in [3.05, 3.63) is 10.4 Å². The quantitative estimate of drug-likeness (QED) is 0.272. The molecule has 0 aromatic carbocycles. The molecule has 0 aliphatic heterocycles. The van der Waals surface area contributed by atoms with Gasteiger partial charge in [-0.2, -0.15) is 5.26 Å². The normalized spacial score (nSPS) is 10.4. The second-order valence-corrected chi connectivity index (χ2v) is 1.68. The maximum Gasteiger partial charge on any atom is 0.102 e. The summed E-state index contributed by atoms with van der Waals surface area (Å²) in [7, 11) is 0. The lowest BCUT2D eigenvalue weighted by molar-refractivity contribution is 0.657. The van der Waals surface area contributed by atoms with Crippen LogP contribution in [0.5, 0.6) is 0 Å². The highest BCUT2D eigenvalue weighted by molar-refractivity contribution is 4.96. The van der Waals surface area contributed by atoms with Crippen LogP contribution in [0.4, 0.5) is 0 Å². The van der Waals surface area contributed by atoms with Gasteiger partial charge in [0.1, 0.15) is 6.04 Å². The van der Waals surface area contributed by atoms with Crippen LogP contribution in [0.15, 0.2) is 5.11 Å². The Morgan fingerprint density at radius 2 is 2.55 bits per heavy atom. The zero-order valence-electron chi connectivity index (χ0n) is 5.86. The lowest BCUT2D eigenvalue weighted by Gasteiger charge is -2.02. The third kappa shape index (κ3) is 4.80. The van der Waals surface area contributed by atoms with Crippen LogP contribution in [0.1, 0.15) is 0 Å². The largest absolute Gasteiger partial charge is 0.291 e. The number of nitrogens with one attached hydrogen (secondary N) is 1. The summed E-state index contributed by atoms with van der Waals surface area (Å²) in [6.45, 7) is 0.411. The molecule has 5 heteroatoms. The van der Waals surface area contributed by atoms with Crippen LogP contribution >= 0.6 is 0 Å². The Morgan fingerprint density at radius 3 is 3.00 bits per heavy atom. The third-order valence-electron chi connectivity index (χ3n) is 0.934. The lowest BCUT2D eigenvalue weighted by Crippen LogP contribution is -2.30. The molecule has 0 bridgehead atoms. The molecule has 0 spiro atoms. The maximum absolute atomic E-state index is 8.41. The smallest absolute Gasteiger partial charge is 0.102 e. The Morgan fingerprint density at radius 1 is 1.82 bits per heavy atom. The summed E-state index contributed by atoms with van der Waals surface area (Å²) in [5.74, 6) is 2.31. The number of hydrogen-bond donors (Lipinski definition) is 1. The number of azide groups is 1. The molecule has 0 heterocycles. The van der Waals surface area contributed by atoms with Crippen LogP contribution in [0.25, 0.3) is 10.4 Å². The van der Waals surface area contributed by atoms with Gasteiger partial charge in [-0.15, -0.1) is 6.42 Å². The molecule has 56 valence electrons. The second-order valence-electron chi connectivity index (χ2n) is 1.68. The summed E-state index contributed by atoms with van der Waals surface area (Å²) in [5, 5.41) is 14.3. The number of nitriles is 1. The van der Waals surface area contributed by atoms with E-state index < -0.39 is 6.04 Å². The summed E-state index contributed by atoms with van der Waals surface area (Å²) in [4.78, 5) is 2.51. The molecule has 0 saturated heterocycles. The molecule has 0 aliphatic rings. The molecule has 0 aromatic rings. The number of rotatable bonds is 4. The highest BCUT2D eigenvalue weighted by Crippen LogP contribution is 1.81. The molecule has 0 fully saturated rings. The predicted molar refractivity (Wildman–Crippen MR) is 40.2 cm³/mol. The van der Waals surface area contributed by atoms with E-state index in [0.29, 0.717) is 6.54 Å². The van der Waals surface area contributed by atoms with Crippen LogP contribution in [-0.4, -0.2) is 19.1 Å². The van der Waals surface area contributed by atoms with E-state index in [9.17, 15) is 0 Å². The fraction of sp³-hybridized carbons (Fsp3) is 0.500. The Labute approximate surface area is 64.6 Å². The van der Waals surface area contributed by atoms with Gasteiger partial charge >= 0.3 is 0 Å². The molecule has 1 atom stereocenters. The Hall–Kier alpha value is -1.68. The van der Waals surface area contributed by atoms with Crippen LogP contribution in [0, 0.1) is 23.7 Å². The van der Waals surface area contributed by atoms with Crippen molar-refractivity contribution in [2.75, 3.05) is 13.1 Å². The molecule has 0 radical (unpaired) electrons. The van der Waals surface area contributed by atoms with E-state index in [1.165, 1.54) is 0 Å². The molecule has 0 aliphatic carbocycles. The van der Waals surface area contributed by atoms with Gasteiger partial charge in [0.15, 0.2) is 0 Å². The van der Waals surface area contributed by atoms with Gasteiger partial charge in [-0.1, -0.05) is 11.0 Å². The summed E-state index contributed by atoms with van der Waals surface area (Å²) < 4.78 is 0. The minimum absolute atomic E-state index is 0.106. The fourth-order valence-electron chi connectivity index (χ4n) is 0.451. The van der Waals surface area contributed by atoms with E-state index >= 15 is 0 Å². The topological polar surface area (TPSA) is 84.6 Å². The highest BCUT2D eigenvalue weighted by Gasteiger charge is 2.01. The van der Waals surface area contributed by atoms with Crippen LogP contribution in [-0.2, 0) is 0 Å². The van der Waals surface area contributed by atoms with E-state index in [4.69, 9.17) is 17.2 Å². The van der Waals surface area contributed by atoms with Crippen LogP contribution in [0.2, 0.25) is 0 Å². The van der Waals surface area contributed by atoms with Gasteiger partial charge < -0.3 is 0 Å². The Kier molecular flexibility index (Phi) is 5.46. The van der Waals surface area contributed by atoms with Gasteiger partial charge in [-0.05, 0) is 5.53 Å². The highest BCUT2D eigenvalue weighted by atomic mass is 15.1. The zero-order valence-corrected chi connectivity index (χ0v) is 5.86. The summed E-state index contributed by atoms with van der Waals surface area (Å²) in [5.41, 5.74) is 7.92. The molecule has 1 unspecified atom stereocenters. The first-order valence-electron chi connectivity index (χ1n) is 2.92. The molecular weight excluding hydrogens is 142 g/mol. The van der Waals surface area contributed by atoms with Crippen LogP contribution in [0.3, 0.4) is 0 Å². The minimum atomic E-state index is -0.484. The van der Waals surface area contributed by atoms with Crippen molar-refractivity contribution < 1.29 is 0 Å². The predicted octanol–water partition coefficient (Wildman–Crippen LogP) is 0.412. The van der Waals surface area contributed by atoms with Gasteiger partial charge in [-0.3, -0.25) is 5.32 Å². The molecule has 0 amide bonds. The first-order valence-corrected chi connectivity index (χ1v) is 2.92. The SMILES string of the molecule is C#CCNC(C#N)CN=[N+]=[N-]. The number of terminal acetylenes is 1. The van der Waals surface area contributed by atoms with Crippen molar-refractivity contribution >= 4 is 0 Å². The van der Waals surface area contributed by atoms with E-state index in [1.807, 2.05) is 6.07 Å². The van der Waals surface area contributed by atoms with Crippen molar-refractivity contribution in [1.29, 1.82) is 5.26 Å². The summed E-state index contributed by atoms with van der Waals surface area (Å²) in [6, 6.07) is 1.42. The second kappa shape index (κ2) is 6.44. The van der Waals surface area contributed by atoms with Gasteiger partial charge in [0.2, 0.25) is 0 Å². The van der Waals surface area contributed by atoms with Gasteiger partial charge in [0.25, 0.3) is 0 Å². The van der Waals surface area contributed by atoms with Crippen LogP contribution < -0.4 is 5.32 Å². The zero-order chi connectivity index (χ0) is 8.53. The van der Waals surface area contributed by atoms with Gasteiger partial charge in [-0.25, -0.2) is 0 Å². The van der Waals surface area contributed by atoms with Crippen molar-refractivity contribution in [3.63, 3.8) is 0 Å². The first kappa shape index (κ1) is 9.32. The van der Waals surface area contributed by atoms with Crippen molar-refractivity contribution in [2.24, 2.45) is 5.11 Å². The van der Waals surface area contributed by atoms with E-state index in [-0.39, 0.29) is 6.54 Å². The number of nitrogens with zero attached hydrogens (tertiary/aromatic N) is 4. The van der Waals surface area contributed by atoms with E-state index in [0.717, 1.165) is 0 Å². The maximum atomic E-state index is 8.41. The van der Waals surface area contributed by atoms with Crippen molar-refractivity contribution in [1.82, 2.24) is 5.32 Å². The molecule has 0 rings (SSSR count). The number of hydrogen-bond acceptors (Lipinski definition) is 3. The Bertz CT molecular complexity index is 226. The first-order chi connectivity index (χ1) is 5.35. The lowest BCUT2D eigenvalue weighted by atomic mass is 10.3. The molecule has 1 N–H and O–H groups in total. The van der Waals surface area contributed by atoms with Gasteiger partial charge in [0.05, 0.1) is 19.2 Å². The van der Waals surface area contributed by atoms with Crippen molar-refractivity contribution in [3.8, 4) is 18.4 Å². The Balaban J connectivity index is 3.71. The molecular formula is C6H7N5. The standard InChI is InChI=1S/C6H7N5/c1-2-3-9-6(4-7)5-10-11-8/h1,6,9H,3,5H2. The summed E-state index contributed by atoms with van der Waals surface area (Å²) in [6.07, 6.45) is 4.93. The third-order valence-corrected chi connectivity index (χ3v) is 0.934. The average molecular weight is 149 g/mol. The van der Waals surface area contributed by atoms with E-state index in [1.54, 1.807) is 0 Å². The fourth-order valence-corrected chi connectivity index (χ4v) is 0.451. The van der Waals surface area contributed by atoms with E-state index in [2.05, 4.69) is 21.3 Å². The monoisotopic (exact) mass is 149 g/mol. The molecule has 0 aromatic heterocycles. The minimum Gasteiger partial charge on any atom is -0.291 e. The average Bonchev–Trinajstić information content (AvgIpc) is 2.05. The molecule has 11 heavy (non-hydrogen) atoms. The molecule has 0 saturated carbocycles.